The molecule has 102 valence electrons. The summed E-state index contributed by atoms with van der Waals surface area (Å²) in [5, 5.41) is 5.21. The molecule has 0 spiro atoms. The van der Waals surface area contributed by atoms with Gasteiger partial charge in [-0.05, 0) is 35.0 Å². The molecule has 0 fully saturated rings. The van der Waals surface area contributed by atoms with Gasteiger partial charge in [-0.2, -0.15) is 0 Å². The zero-order chi connectivity index (χ0) is 14.3. The molecule has 2 aliphatic rings. The molecular formula is C20H12N2. The second-order valence-corrected chi connectivity index (χ2v) is 6.03. The van der Waals surface area contributed by atoms with Crippen molar-refractivity contribution in [3.05, 3.63) is 60.7 Å². The highest BCUT2D eigenvalue weighted by Gasteiger charge is 2.20. The number of pyridine rings is 2. The first-order chi connectivity index (χ1) is 10.9. The first-order valence-corrected chi connectivity index (χ1v) is 7.56. The summed E-state index contributed by atoms with van der Waals surface area (Å²) in [6, 6.07) is 21.7. The van der Waals surface area contributed by atoms with Gasteiger partial charge in [-0.1, -0.05) is 36.4 Å². The molecule has 4 aromatic carbocycles. The van der Waals surface area contributed by atoms with E-state index in [0.29, 0.717) is 0 Å². The minimum Gasteiger partial charge on any atom is -0.354 e. The van der Waals surface area contributed by atoms with E-state index in [0.717, 1.165) is 0 Å². The normalized spacial score (nSPS) is 12.5. The number of H-pyrrole nitrogens is 2. The molecule has 2 heterocycles. The van der Waals surface area contributed by atoms with Crippen molar-refractivity contribution in [2.45, 2.75) is 0 Å². The summed E-state index contributed by atoms with van der Waals surface area (Å²) >= 11 is 0. The van der Waals surface area contributed by atoms with E-state index in [1.165, 1.54) is 54.7 Å². The molecule has 0 aliphatic carbocycles. The zero-order valence-corrected chi connectivity index (χ0v) is 11.8. The van der Waals surface area contributed by atoms with E-state index in [2.05, 4.69) is 70.6 Å². The summed E-state index contributed by atoms with van der Waals surface area (Å²) in [4.78, 5) is 7.25. The molecule has 0 atom stereocenters. The van der Waals surface area contributed by atoms with E-state index in [1.54, 1.807) is 0 Å². The lowest BCUT2D eigenvalue weighted by atomic mass is 9.88. The average Bonchev–Trinajstić information content (AvgIpc) is 2.57. The highest BCUT2D eigenvalue weighted by Crippen LogP contribution is 2.45. The van der Waals surface area contributed by atoms with Crippen molar-refractivity contribution in [2.75, 3.05) is 0 Å². The summed E-state index contributed by atoms with van der Waals surface area (Å²) in [6.07, 6.45) is 0. The van der Waals surface area contributed by atoms with E-state index in [9.17, 15) is 0 Å². The Morgan fingerprint density at radius 1 is 0.455 bits per heavy atom. The highest BCUT2D eigenvalue weighted by atomic mass is 14.7. The van der Waals surface area contributed by atoms with E-state index in [-0.39, 0.29) is 0 Å². The Hall–Kier alpha value is -3.00. The second-order valence-electron chi connectivity index (χ2n) is 6.03. The third kappa shape index (κ3) is 1.10. The number of nitrogens with one attached hydrogen (secondary N) is 2. The van der Waals surface area contributed by atoms with Gasteiger partial charge in [0.15, 0.2) is 0 Å². The Kier molecular flexibility index (Phi) is 1.66. The van der Waals surface area contributed by atoms with Crippen LogP contribution in [0.5, 0.6) is 0 Å². The first kappa shape index (κ1) is 10.7. The van der Waals surface area contributed by atoms with Crippen molar-refractivity contribution >= 4 is 43.6 Å². The van der Waals surface area contributed by atoms with Gasteiger partial charge in [0.1, 0.15) is 0 Å². The SMILES string of the molecule is c1cc2ccc3[nH]c4cccc5ccc6[nH]c(c1)c2c3-c6c54. The van der Waals surface area contributed by atoms with Crippen molar-refractivity contribution < 1.29 is 0 Å². The predicted molar refractivity (Wildman–Crippen MR) is 93.0 cm³/mol. The zero-order valence-electron chi connectivity index (χ0n) is 11.8. The fourth-order valence-corrected chi connectivity index (χ4v) is 3.98. The number of hydrogen-bond acceptors (Lipinski definition) is 0. The van der Waals surface area contributed by atoms with E-state index in [4.69, 9.17) is 0 Å². The summed E-state index contributed by atoms with van der Waals surface area (Å²) in [6.45, 7) is 0. The number of benzene rings is 4. The molecule has 2 aliphatic heterocycles. The van der Waals surface area contributed by atoms with Gasteiger partial charge in [0, 0.05) is 44.0 Å². The summed E-state index contributed by atoms with van der Waals surface area (Å²) in [5.74, 6) is 0. The van der Waals surface area contributed by atoms with Gasteiger partial charge in [0.05, 0.1) is 0 Å². The van der Waals surface area contributed by atoms with Gasteiger partial charge in [0.2, 0.25) is 0 Å². The van der Waals surface area contributed by atoms with Crippen LogP contribution >= 0.6 is 0 Å². The lowest BCUT2D eigenvalue weighted by Crippen LogP contribution is -1.98. The van der Waals surface area contributed by atoms with Crippen LogP contribution in [0.3, 0.4) is 0 Å². The monoisotopic (exact) mass is 280 g/mol. The van der Waals surface area contributed by atoms with Crippen LogP contribution in [-0.2, 0) is 0 Å². The number of hydrogen-bond donors (Lipinski definition) is 2. The van der Waals surface area contributed by atoms with Gasteiger partial charge < -0.3 is 9.97 Å². The maximum atomic E-state index is 3.62. The fourth-order valence-electron chi connectivity index (χ4n) is 3.98. The third-order valence-electron chi connectivity index (χ3n) is 4.88. The van der Waals surface area contributed by atoms with Crippen LogP contribution in [0.25, 0.3) is 54.7 Å². The Morgan fingerprint density at radius 3 is 1.45 bits per heavy atom. The molecule has 0 unspecified atom stereocenters. The van der Waals surface area contributed by atoms with Crippen LogP contribution in [0.1, 0.15) is 0 Å². The lowest BCUT2D eigenvalue weighted by Gasteiger charge is -2.21. The molecule has 0 aromatic heterocycles. The van der Waals surface area contributed by atoms with Gasteiger partial charge in [-0.25, -0.2) is 0 Å². The Morgan fingerprint density at radius 2 is 0.955 bits per heavy atom. The molecule has 2 heteroatoms. The molecular weight excluding hydrogens is 268 g/mol. The van der Waals surface area contributed by atoms with Crippen LogP contribution in [-0.4, -0.2) is 9.97 Å². The Bertz CT molecular complexity index is 1170. The van der Waals surface area contributed by atoms with Crippen LogP contribution in [0, 0.1) is 0 Å². The largest absolute Gasteiger partial charge is 0.354 e. The molecule has 2 nitrogen and oxygen atoms in total. The second kappa shape index (κ2) is 3.42. The summed E-state index contributed by atoms with van der Waals surface area (Å²) < 4.78 is 0. The van der Waals surface area contributed by atoms with Crippen molar-refractivity contribution in [2.24, 2.45) is 0 Å². The predicted octanol–water partition coefficient (Wildman–Crippen LogP) is 5.50. The quantitative estimate of drug-likeness (QED) is 0.272. The van der Waals surface area contributed by atoms with Gasteiger partial charge in [0.25, 0.3) is 0 Å². The van der Waals surface area contributed by atoms with Crippen molar-refractivity contribution in [3.63, 3.8) is 0 Å². The van der Waals surface area contributed by atoms with Gasteiger partial charge in [-0.3, -0.25) is 0 Å². The van der Waals surface area contributed by atoms with Crippen molar-refractivity contribution in [1.29, 1.82) is 0 Å². The maximum absolute atomic E-state index is 3.62. The third-order valence-corrected chi connectivity index (χ3v) is 4.88. The summed E-state index contributed by atoms with van der Waals surface area (Å²) in [5.41, 5.74) is 7.48. The van der Waals surface area contributed by atoms with Gasteiger partial charge >= 0.3 is 0 Å². The highest BCUT2D eigenvalue weighted by molar-refractivity contribution is 6.24. The topological polar surface area (TPSA) is 31.6 Å². The van der Waals surface area contributed by atoms with Crippen molar-refractivity contribution in [1.82, 2.24) is 9.97 Å². The summed E-state index contributed by atoms with van der Waals surface area (Å²) in [7, 11) is 0. The van der Waals surface area contributed by atoms with E-state index >= 15 is 0 Å². The molecule has 22 heavy (non-hydrogen) atoms. The molecule has 0 bridgehead atoms. The van der Waals surface area contributed by atoms with Crippen LogP contribution < -0.4 is 0 Å². The molecule has 0 amide bonds. The van der Waals surface area contributed by atoms with Crippen LogP contribution in [0.15, 0.2) is 60.7 Å². The van der Waals surface area contributed by atoms with Gasteiger partial charge in [-0.15, -0.1) is 0 Å². The average molecular weight is 280 g/mol. The molecule has 4 aromatic rings. The van der Waals surface area contributed by atoms with E-state index in [1.807, 2.05) is 0 Å². The lowest BCUT2D eigenvalue weighted by molar-refractivity contribution is 1.44. The number of rotatable bonds is 0. The smallest absolute Gasteiger partial charge is 0.0472 e. The molecule has 2 N–H and O–H groups in total. The Balaban J connectivity index is 2.10. The van der Waals surface area contributed by atoms with Crippen LogP contribution in [0.2, 0.25) is 0 Å². The van der Waals surface area contributed by atoms with Crippen molar-refractivity contribution in [3.8, 4) is 11.1 Å². The van der Waals surface area contributed by atoms with E-state index < -0.39 is 0 Å². The number of aromatic nitrogens is 2. The first-order valence-electron chi connectivity index (χ1n) is 7.56. The minimum atomic E-state index is 1.20. The standard InChI is InChI=1S/C20H12N2/c1-3-11-7-9-16-19-17(11)13(5-1)21-15-10-8-12-4-2-6-14(22-16)18(12)20(15)19/h1-10,21-22H. The number of aromatic amines is 2. The van der Waals surface area contributed by atoms with Crippen LogP contribution in [0.4, 0.5) is 0 Å². The molecule has 0 saturated heterocycles. The Labute approximate surface area is 126 Å². The molecule has 0 radical (unpaired) electrons. The minimum absolute atomic E-state index is 1.20. The molecule has 0 saturated carbocycles. The molecule has 6 rings (SSSR count). The maximum Gasteiger partial charge on any atom is 0.0472 e. The fraction of sp³-hybridized carbons (Fsp3) is 0.